The minimum absolute atomic E-state index is 0.0446. The Morgan fingerprint density at radius 2 is 2.19 bits per heavy atom. The zero-order chi connectivity index (χ0) is 12.2. The molecule has 1 aliphatic rings. The number of hydrogen-bond donors (Lipinski definition) is 2. The number of carbonyl (C=O) groups excluding carboxylic acids is 2. The molecule has 1 aliphatic heterocycles. The lowest BCUT2D eigenvalue weighted by Gasteiger charge is -2.29. The first-order valence-electron chi connectivity index (χ1n) is 5.64. The third kappa shape index (κ3) is 3.81. The fourth-order valence-corrected chi connectivity index (χ4v) is 1.66. The number of amides is 2. The highest BCUT2D eigenvalue weighted by atomic mass is 16.3. The maximum atomic E-state index is 11.6. The number of aliphatic hydroxyl groups excluding tert-OH is 1. The second kappa shape index (κ2) is 5.30. The third-order valence-electron chi connectivity index (χ3n) is 2.63. The van der Waals surface area contributed by atoms with Crippen LogP contribution in [-0.4, -0.2) is 47.1 Å². The predicted octanol–water partition coefficient (Wildman–Crippen LogP) is -0.114. The fourth-order valence-electron chi connectivity index (χ4n) is 1.66. The average Bonchev–Trinajstić information content (AvgIpc) is 2.21. The second-order valence-corrected chi connectivity index (χ2v) is 4.86. The van der Waals surface area contributed by atoms with Gasteiger partial charge in [0.25, 0.3) is 0 Å². The van der Waals surface area contributed by atoms with Crippen LogP contribution in [0.25, 0.3) is 0 Å². The van der Waals surface area contributed by atoms with Crippen molar-refractivity contribution in [3.05, 3.63) is 0 Å². The van der Waals surface area contributed by atoms with Gasteiger partial charge in [-0.15, -0.1) is 0 Å². The molecular formula is C11H20N2O3. The number of hydrogen-bond acceptors (Lipinski definition) is 3. The first-order chi connectivity index (χ1) is 7.44. The van der Waals surface area contributed by atoms with E-state index in [1.165, 1.54) is 0 Å². The molecule has 0 bridgehead atoms. The van der Waals surface area contributed by atoms with Gasteiger partial charge in [0.15, 0.2) is 0 Å². The van der Waals surface area contributed by atoms with Gasteiger partial charge < -0.3 is 15.3 Å². The molecule has 0 aliphatic carbocycles. The van der Waals surface area contributed by atoms with Crippen molar-refractivity contribution in [1.29, 1.82) is 0 Å². The van der Waals surface area contributed by atoms with Crippen molar-refractivity contribution in [2.24, 2.45) is 0 Å². The van der Waals surface area contributed by atoms with Crippen molar-refractivity contribution in [2.75, 3.05) is 19.7 Å². The van der Waals surface area contributed by atoms with Crippen molar-refractivity contribution in [3.63, 3.8) is 0 Å². The van der Waals surface area contributed by atoms with Crippen molar-refractivity contribution in [1.82, 2.24) is 10.2 Å². The van der Waals surface area contributed by atoms with Gasteiger partial charge in [-0.05, 0) is 26.7 Å². The lowest BCUT2D eigenvalue weighted by Crippen LogP contribution is -2.51. The normalized spacial score (nSPS) is 17.4. The summed E-state index contributed by atoms with van der Waals surface area (Å²) in [6.07, 6.45) is 2.41. The van der Waals surface area contributed by atoms with E-state index < -0.39 is 5.54 Å². The van der Waals surface area contributed by atoms with Crippen molar-refractivity contribution in [3.8, 4) is 0 Å². The highest BCUT2D eigenvalue weighted by Crippen LogP contribution is 2.10. The van der Waals surface area contributed by atoms with Crippen LogP contribution in [0.1, 0.15) is 33.1 Å². The largest absolute Gasteiger partial charge is 0.394 e. The van der Waals surface area contributed by atoms with Gasteiger partial charge in [-0.2, -0.15) is 0 Å². The van der Waals surface area contributed by atoms with Crippen molar-refractivity contribution >= 4 is 11.8 Å². The van der Waals surface area contributed by atoms with E-state index in [1.807, 2.05) is 0 Å². The van der Waals surface area contributed by atoms with Crippen LogP contribution >= 0.6 is 0 Å². The monoisotopic (exact) mass is 228 g/mol. The first-order valence-corrected chi connectivity index (χ1v) is 5.64. The summed E-state index contributed by atoms with van der Waals surface area (Å²) in [7, 11) is 0. The van der Waals surface area contributed by atoms with Crippen LogP contribution in [0.2, 0.25) is 0 Å². The number of piperidine rings is 1. The number of aliphatic hydroxyl groups is 1. The Kier molecular flexibility index (Phi) is 4.29. The van der Waals surface area contributed by atoms with E-state index >= 15 is 0 Å². The van der Waals surface area contributed by atoms with Crippen LogP contribution in [0, 0.1) is 0 Å². The zero-order valence-electron chi connectivity index (χ0n) is 9.95. The topological polar surface area (TPSA) is 69.6 Å². The van der Waals surface area contributed by atoms with Crippen LogP contribution < -0.4 is 5.32 Å². The molecule has 1 rings (SSSR count). The number of nitrogens with one attached hydrogen (secondary N) is 1. The molecule has 2 amide bonds. The molecule has 16 heavy (non-hydrogen) atoms. The summed E-state index contributed by atoms with van der Waals surface area (Å²) in [5.41, 5.74) is -0.629. The molecule has 0 spiro atoms. The van der Waals surface area contributed by atoms with E-state index in [2.05, 4.69) is 5.32 Å². The summed E-state index contributed by atoms with van der Waals surface area (Å²) in [6, 6.07) is 0. The quantitative estimate of drug-likeness (QED) is 0.705. The summed E-state index contributed by atoms with van der Waals surface area (Å²) in [5, 5.41) is 11.7. The zero-order valence-corrected chi connectivity index (χ0v) is 9.95. The Bertz CT molecular complexity index is 276. The molecule has 92 valence electrons. The summed E-state index contributed by atoms with van der Waals surface area (Å²) in [5.74, 6) is -0.169. The minimum atomic E-state index is -0.629. The summed E-state index contributed by atoms with van der Waals surface area (Å²) < 4.78 is 0. The van der Waals surface area contributed by atoms with Crippen LogP contribution in [0.4, 0.5) is 0 Å². The number of carbonyl (C=O) groups is 2. The van der Waals surface area contributed by atoms with Crippen LogP contribution in [-0.2, 0) is 9.59 Å². The van der Waals surface area contributed by atoms with E-state index in [1.54, 1.807) is 18.7 Å². The smallest absolute Gasteiger partial charge is 0.240 e. The molecule has 0 aromatic rings. The van der Waals surface area contributed by atoms with Crippen molar-refractivity contribution < 1.29 is 14.7 Å². The average molecular weight is 228 g/mol. The molecule has 1 saturated heterocycles. The van der Waals surface area contributed by atoms with E-state index in [0.29, 0.717) is 13.0 Å². The highest BCUT2D eigenvalue weighted by molar-refractivity contribution is 5.85. The van der Waals surface area contributed by atoms with E-state index in [-0.39, 0.29) is 25.0 Å². The Labute approximate surface area is 95.8 Å². The van der Waals surface area contributed by atoms with Gasteiger partial charge in [0.05, 0.1) is 18.7 Å². The summed E-state index contributed by atoms with van der Waals surface area (Å²) >= 11 is 0. The second-order valence-electron chi connectivity index (χ2n) is 4.86. The molecule has 0 radical (unpaired) electrons. The Balaban J connectivity index is 2.41. The van der Waals surface area contributed by atoms with E-state index in [0.717, 1.165) is 12.8 Å². The van der Waals surface area contributed by atoms with Gasteiger partial charge in [-0.25, -0.2) is 0 Å². The Morgan fingerprint density at radius 3 is 2.75 bits per heavy atom. The Morgan fingerprint density at radius 1 is 1.50 bits per heavy atom. The predicted molar refractivity (Wildman–Crippen MR) is 59.7 cm³/mol. The molecule has 0 atom stereocenters. The van der Waals surface area contributed by atoms with Gasteiger partial charge in [0.2, 0.25) is 11.8 Å². The van der Waals surface area contributed by atoms with Crippen LogP contribution in [0.15, 0.2) is 0 Å². The van der Waals surface area contributed by atoms with Gasteiger partial charge in [-0.1, -0.05) is 0 Å². The van der Waals surface area contributed by atoms with Crippen molar-refractivity contribution in [2.45, 2.75) is 38.6 Å². The molecule has 0 saturated carbocycles. The molecule has 5 heteroatoms. The number of nitrogens with zero attached hydrogens (tertiary/aromatic N) is 1. The standard InChI is InChI=1S/C11H20N2O3/c1-11(2,8-14)12-9(15)7-13-6-4-3-5-10(13)16/h14H,3-8H2,1-2H3,(H,12,15). The first kappa shape index (κ1) is 13.0. The highest BCUT2D eigenvalue weighted by Gasteiger charge is 2.24. The van der Waals surface area contributed by atoms with Gasteiger partial charge >= 0.3 is 0 Å². The molecule has 2 N–H and O–H groups in total. The maximum Gasteiger partial charge on any atom is 0.240 e. The Hall–Kier alpha value is -1.10. The van der Waals surface area contributed by atoms with E-state index in [4.69, 9.17) is 5.11 Å². The van der Waals surface area contributed by atoms with Gasteiger partial charge in [0, 0.05) is 13.0 Å². The fraction of sp³-hybridized carbons (Fsp3) is 0.818. The molecule has 0 aromatic heterocycles. The van der Waals surface area contributed by atoms with Gasteiger partial charge in [0.1, 0.15) is 0 Å². The molecule has 1 heterocycles. The lowest BCUT2D eigenvalue weighted by molar-refractivity contribution is -0.138. The molecule has 0 aromatic carbocycles. The molecule has 1 fully saturated rings. The van der Waals surface area contributed by atoms with E-state index in [9.17, 15) is 9.59 Å². The lowest BCUT2D eigenvalue weighted by atomic mass is 10.1. The molecule has 0 unspecified atom stereocenters. The summed E-state index contributed by atoms with van der Waals surface area (Å²) in [4.78, 5) is 24.7. The minimum Gasteiger partial charge on any atom is -0.394 e. The molecular weight excluding hydrogens is 208 g/mol. The van der Waals surface area contributed by atoms with Gasteiger partial charge in [-0.3, -0.25) is 9.59 Å². The molecule has 5 nitrogen and oxygen atoms in total. The van der Waals surface area contributed by atoms with Crippen LogP contribution in [0.5, 0.6) is 0 Å². The number of likely N-dealkylation sites (tertiary alicyclic amines) is 1. The maximum absolute atomic E-state index is 11.6. The third-order valence-corrected chi connectivity index (χ3v) is 2.63. The summed E-state index contributed by atoms with van der Waals surface area (Å²) in [6.45, 7) is 4.12. The number of rotatable bonds is 4. The van der Waals surface area contributed by atoms with Crippen LogP contribution in [0.3, 0.4) is 0 Å². The SMILES string of the molecule is CC(C)(CO)NC(=O)CN1CCCCC1=O.